The van der Waals surface area contributed by atoms with Crippen LogP contribution in [0.5, 0.6) is 17.2 Å². The van der Waals surface area contributed by atoms with Crippen LogP contribution in [0.1, 0.15) is 57.6 Å². The molecule has 528 valence electrons. The van der Waals surface area contributed by atoms with E-state index in [1.807, 2.05) is 138 Å². The van der Waals surface area contributed by atoms with Gasteiger partial charge in [0.05, 0.1) is 45.7 Å². The molecule has 2 N–H and O–H groups in total. The zero-order valence-electron chi connectivity index (χ0n) is 56.2. The molecule has 7 aromatic carbocycles. The molecule has 3 aliphatic rings. The van der Waals surface area contributed by atoms with Crippen molar-refractivity contribution in [2.45, 2.75) is 53.6 Å². The number of pyridine rings is 1. The summed E-state index contributed by atoms with van der Waals surface area (Å²) >= 11 is 3.01. The molecule has 1 aromatic heterocycles. The molecule has 0 spiro atoms. The Morgan fingerprint density at radius 3 is 1.88 bits per heavy atom. The fourth-order valence-electron chi connectivity index (χ4n) is 11.4. The van der Waals surface area contributed by atoms with Gasteiger partial charge in [-0.3, -0.25) is 14.5 Å². The molecule has 0 bridgehead atoms. The summed E-state index contributed by atoms with van der Waals surface area (Å²) in [7, 11) is 2.73. The smallest absolute Gasteiger partial charge is 0.355 e. The van der Waals surface area contributed by atoms with Crippen LogP contribution in [0.15, 0.2) is 255 Å². The van der Waals surface area contributed by atoms with Crippen LogP contribution in [0.3, 0.4) is 0 Å². The number of rotatable bonds is 34. The van der Waals surface area contributed by atoms with E-state index in [2.05, 4.69) is 10.6 Å². The molecule has 4 heterocycles. The van der Waals surface area contributed by atoms with Crippen LogP contribution in [0, 0.1) is 11.6 Å². The van der Waals surface area contributed by atoms with Crippen LogP contribution in [0.4, 0.5) is 8.78 Å². The number of halogens is 2. The number of nitrogens with zero attached hydrogens (tertiary/aromatic N) is 4. The molecule has 1 fully saturated rings. The van der Waals surface area contributed by atoms with E-state index < -0.39 is 112 Å². The third-order valence-corrected chi connectivity index (χ3v) is 19.9. The predicted octanol–water partition coefficient (Wildman–Crippen LogP) is 11.9. The highest BCUT2D eigenvalue weighted by Crippen LogP contribution is 2.44. The Kier molecular flexibility index (Phi) is 26.0. The molecule has 3 aliphatic heterocycles. The Bertz CT molecular complexity index is 4200. The maximum absolute atomic E-state index is 17.9. The summed E-state index contributed by atoms with van der Waals surface area (Å²) in [4.78, 5) is 73.0. The number of amides is 2. The molecular formula is C77H75F2N6O14S3+. The van der Waals surface area contributed by atoms with E-state index in [0.717, 1.165) is 27.7 Å². The maximum Gasteiger partial charge on any atom is 0.355 e. The predicted molar refractivity (Wildman–Crippen MR) is 382 cm³/mol. The molecule has 1 saturated heterocycles. The van der Waals surface area contributed by atoms with Gasteiger partial charge in [0, 0.05) is 58.7 Å². The number of carbonyl (C=O) groups is 4. The van der Waals surface area contributed by atoms with Crippen LogP contribution < -0.4 is 29.4 Å². The molecule has 3 unspecified atom stereocenters. The average Bonchev–Trinajstić information content (AvgIpc) is 0.792. The second kappa shape index (κ2) is 36.2. The molecule has 20 nitrogen and oxygen atoms in total. The van der Waals surface area contributed by atoms with E-state index in [-0.39, 0.29) is 49.6 Å². The monoisotopic (exact) mass is 1440 g/mol. The van der Waals surface area contributed by atoms with E-state index in [4.69, 9.17) is 57.0 Å². The summed E-state index contributed by atoms with van der Waals surface area (Å²) in [5.41, 5.74) is 2.83. The molecule has 0 saturated carbocycles. The Morgan fingerprint density at radius 2 is 1.32 bits per heavy atom. The summed E-state index contributed by atoms with van der Waals surface area (Å²) in [6.07, 6.45) is 5.90. The summed E-state index contributed by atoms with van der Waals surface area (Å²) in [6.45, 7) is -0.400. The number of methoxy groups -OCH3 is 3. The van der Waals surface area contributed by atoms with Crippen molar-refractivity contribution in [3.05, 3.63) is 292 Å². The van der Waals surface area contributed by atoms with Crippen molar-refractivity contribution in [3.63, 3.8) is 0 Å². The molecule has 0 aliphatic carbocycles. The average molecular weight is 1440 g/mol. The molecular weight excluding hydrogens is 1370 g/mol. The third-order valence-electron chi connectivity index (χ3n) is 16.5. The summed E-state index contributed by atoms with van der Waals surface area (Å²) in [6, 6.07) is 57.1. The van der Waals surface area contributed by atoms with Crippen molar-refractivity contribution in [2.24, 2.45) is 9.52 Å². The van der Waals surface area contributed by atoms with Gasteiger partial charge < -0.3 is 53.3 Å². The number of fused-ring (bicyclic) bond motifs is 1. The van der Waals surface area contributed by atoms with Crippen LogP contribution in [-0.2, 0) is 81.8 Å². The van der Waals surface area contributed by atoms with E-state index in [0.29, 0.717) is 40.3 Å². The van der Waals surface area contributed by atoms with Crippen molar-refractivity contribution in [2.75, 3.05) is 73.4 Å². The minimum atomic E-state index is -2.21. The highest BCUT2D eigenvalue weighted by Gasteiger charge is 2.54. The first-order valence-corrected chi connectivity index (χ1v) is 35.9. The minimum absolute atomic E-state index is 0.0138. The van der Waals surface area contributed by atoms with Crippen molar-refractivity contribution in [1.82, 2.24) is 15.5 Å². The first-order valence-electron chi connectivity index (χ1n) is 32.4. The van der Waals surface area contributed by atoms with Crippen molar-refractivity contribution in [1.29, 1.82) is 0 Å². The number of thioether (sulfide) groups is 2. The molecule has 8 aromatic rings. The first-order chi connectivity index (χ1) is 49.9. The lowest BCUT2D eigenvalue weighted by Gasteiger charge is -2.49. The van der Waals surface area contributed by atoms with Gasteiger partial charge in [-0.2, -0.15) is 0 Å². The van der Waals surface area contributed by atoms with Gasteiger partial charge in [-0.1, -0.05) is 174 Å². The van der Waals surface area contributed by atoms with Gasteiger partial charge in [-0.25, -0.2) is 32.8 Å². The highest BCUT2D eigenvalue weighted by molar-refractivity contribution is 8.05. The standard InChI is InChI=1S/C77H74F2N6O14S3/c1-90-41-43-93-50-96-70-63(78)46-62(65(79)71(70)97-51-94-44-42-91-2)69(75(89)98-68(53-21-10-5-11-22-53)54-23-12-6-13-24-54)99-83-102-49-59(80-76(102)82-77(56-26-14-7-15-27-56,57-28-16-8-17-29-57)58-30-18-9-19-31-58)45-64(86)81-66-72(87)85-67(74(88)95-47-52-32-34-60(92-3)35-33-52)55(48-101-73(66)85)25-20-38-84-39-36-61(100-4)37-40-84/h5-37,39-40,46,49,66,68-69,73H,38,41-45,47-48,50-51H2,1-4H3,(H-,80,81,82,86)/p+1/t66-,69?,73?,102?/m0/s1. The summed E-state index contributed by atoms with van der Waals surface area (Å²) in [5.74, 6) is -6.14. The van der Waals surface area contributed by atoms with Crippen LogP contribution in [0.25, 0.3) is 0 Å². The van der Waals surface area contributed by atoms with Gasteiger partial charge in [0.25, 0.3) is 5.91 Å². The largest absolute Gasteiger partial charge is 0.497 e. The van der Waals surface area contributed by atoms with E-state index in [1.165, 1.54) is 30.9 Å². The van der Waals surface area contributed by atoms with Gasteiger partial charge in [-0.05, 0) is 69.5 Å². The van der Waals surface area contributed by atoms with Gasteiger partial charge in [0.2, 0.25) is 23.5 Å². The van der Waals surface area contributed by atoms with Crippen molar-refractivity contribution in [3.8, 4) is 17.2 Å². The lowest BCUT2D eigenvalue weighted by atomic mass is 9.77. The van der Waals surface area contributed by atoms with Crippen molar-refractivity contribution >= 4 is 63.1 Å². The molecule has 25 heteroatoms. The van der Waals surface area contributed by atoms with Gasteiger partial charge in [0.1, 0.15) is 35.0 Å². The number of amidine groups is 1. The zero-order chi connectivity index (χ0) is 71.2. The maximum atomic E-state index is 17.9. The fourth-order valence-corrected chi connectivity index (χ4v) is 14.4. The number of nitrogens with one attached hydrogen (secondary N) is 2. The van der Waals surface area contributed by atoms with Gasteiger partial charge in [-0.15, -0.1) is 23.5 Å². The number of hydrogen-bond acceptors (Lipinski definition) is 19. The molecule has 0 radical (unpaired) electrons. The lowest BCUT2D eigenvalue weighted by molar-refractivity contribution is -0.687. The van der Waals surface area contributed by atoms with Crippen LogP contribution in [-0.4, -0.2) is 119 Å². The van der Waals surface area contributed by atoms with Gasteiger partial charge in [0.15, 0.2) is 55.4 Å². The number of hydrogen-bond donors (Lipinski definition) is 2. The number of esters is 2. The number of aliphatic imine (C=N–C) groups is 1. The number of carbonyl (C=O) groups excluding carboxylic acids is 4. The number of benzene rings is 7. The molecule has 4 atom stereocenters. The normalized spacial score (nSPS) is 16.0. The molecule has 11 rings (SSSR count). The Balaban J connectivity index is 0.960. The van der Waals surface area contributed by atoms with E-state index >= 15 is 13.6 Å². The van der Waals surface area contributed by atoms with Crippen LogP contribution in [0.2, 0.25) is 0 Å². The van der Waals surface area contributed by atoms with Crippen molar-refractivity contribution < 1.29 is 80.0 Å². The zero-order valence-corrected chi connectivity index (χ0v) is 58.7. The SMILES string of the molecule is COCCOCOc1c(F)cc(C(ON=S2C=C(CC(=O)N[C@H]3C(=O)N4C(C(=O)OCc5ccc(OC)cc5)=C(C=CC[n+]5ccc(SC)cc5)CSC34)N=C2NC(c2ccccc2)(c2ccccc2)c2ccccc2)C(=O)OC(c2ccccc2)c2ccccc2)c(F)c1OCOCCOC. The fraction of sp³-hybridized carbons (Fsp3) is 0.247. The molecule has 102 heavy (non-hydrogen) atoms. The van der Waals surface area contributed by atoms with E-state index in [1.54, 1.807) is 109 Å². The second-order valence-corrected chi connectivity index (χ2v) is 26.4. The van der Waals surface area contributed by atoms with Crippen LogP contribution >= 0.6 is 23.5 Å². The minimum Gasteiger partial charge on any atom is -0.497 e. The Labute approximate surface area is 600 Å². The van der Waals surface area contributed by atoms with E-state index in [9.17, 15) is 14.4 Å². The Hall–Kier alpha value is -9.83. The Morgan fingerprint density at radius 1 is 0.755 bits per heavy atom. The number of aromatic nitrogens is 1. The third kappa shape index (κ3) is 17.9. The number of β-lactam (4-membered cyclic amide) rings is 1. The summed E-state index contributed by atoms with van der Waals surface area (Å²) < 4.78 is 91.8. The first kappa shape index (κ1) is 73.4. The molecule has 2 amide bonds. The second-order valence-electron chi connectivity index (χ2n) is 23.0. The number of allylic oxidation sites excluding steroid dienone is 2. The quantitative estimate of drug-likeness (QED) is 0.00560. The van der Waals surface area contributed by atoms with Gasteiger partial charge >= 0.3 is 11.9 Å². The summed E-state index contributed by atoms with van der Waals surface area (Å²) in [5, 5.41) is 7.62. The number of ether oxygens (including phenoxy) is 9. The topological polar surface area (TPSA) is 216 Å². The highest BCUT2D eigenvalue weighted by atomic mass is 32.2. The lowest BCUT2D eigenvalue weighted by Crippen LogP contribution is -2.70.